The van der Waals surface area contributed by atoms with Crippen LogP contribution in [0.1, 0.15) is 56.3 Å². The average molecular weight is 378 g/mol. The quantitative estimate of drug-likeness (QED) is 0.553. The number of thioether (sulfide) groups is 1. The number of allylic oxidation sites excluding steroid dienone is 1. The molecule has 5 nitrogen and oxygen atoms in total. The molecule has 0 spiro atoms. The zero-order chi connectivity index (χ0) is 18.4. The summed E-state index contributed by atoms with van der Waals surface area (Å²) in [7, 11) is 0. The van der Waals surface area contributed by atoms with Crippen LogP contribution in [0, 0.1) is 13.8 Å². The lowest BCUT2D eigenvalue weighted by Crippen LogP contribution is -2.26. The Morgan fingerprint density at radius 1 is 1.38 bits per heavy atom. The van der Waals surface area contributed by atoms with Crippen LogP contribution in [0.3, 0.4) is 0 Å². The van der Waals surface area contributed by atoms with Crippen LogP contribution < -0.4 is 5.32 Å². The number of carbonyl (C=O) groups is 1. The van der Waals surface area contributed by atoms with E-state index in [2.05, 4.69) is 27.9 Å². The van der Waals surface area contributed by atoms with E-state index in [4.69, 9.17) is 4.74 Å². The van der Waals surface area contributed by atoms with Crippen molar-refractivity contribution < 1.29 is 9.53 Å². The third-order valence-electron chi connectivity index (χ3n) is 5.32. The fraction of sp³-hybridized carbons (Fsp3) is 0.700. The Hall–Kier alpha value is -1.27. The minimum Gasteiger partial charge on any atom is -0.376 e. The number of nitrogens with one attached hydrogen (secondary N) is 1. The molecule has 0 aromatic carbocycles. The van der Waals surface area contributed by atoms with Crippen LogP contribution >= 0.6 is 11.8 Å². The predicted octanol–water partition coefficient (Wildman–Crippen LogP) is 3.78. The van der Waals surface area contributed by atoms with Gasteiger partial charge in [0.2, 0.25) is 5.91 Å². The maximum atomic E-state index is 12.2. The zero-order valence-electron chi connectivity index (χ0n) is 16.1. The SMILES string of the molecule is Cc1nc(SCC(=O)NCCC2=CCCCC2)n(CC2CCCO2)c1C. The summed E-state index contributed by atoms with van der Waals surface area (Å²) in [6, 6.07) is 0. The lowest BCUT2D eigenvalue weighted by Gasteiger charge is -2.15. The van der Waals surface area contributed by atoms with Crippen LogP contribution in [-0.2, 0) is 16.1 Å². The highest BCUT2D eigenvalue weighted by molar-refractivity contribution is 7.99. The largest absolute Gasteiger partial charge is 0.376 e. The number of imidazole rings is 1. The molecule has 0 bridgehead atoms. The van der Waals surface area contributed by atoms with Crippen molar-refractivity contribution in [3.8, 4) is 0 Å². The molecule has 1 amide bonds. The summed E-state index contributed by atoms with van der Waals surface area (Å²) in [6.45, 7) is 6.57. The molecule has 6 heteroatoms. The number of amides is 1. The summed E-state index contributed by atoms with van der Waals surface area (Å²) in [4.78, 5) is 16.9. The summed E-state index contributed by atoms with van der Waals surface area (Å²) in [5.41, 5.74) is 3.71. The first-order chi connectivity index (χ1) is 12.6. The van der Waals surface area contributed by atoms with Crippen LogP contribution in [-0.4, -0.2) is 40.5 Å². The van der Waals surface area contributed by atoms with Crippen LogP contribution in [0.25, 0.3) is 0 Å². The van der Waals surface area contributed by atoms with Gasteiger partial charge in [0.1, 0.15) is 0 Å². The molecule has 26 heavy (non-hydrogen) atoms. The highest BCUT2D eigenvalue weighted by Gasteiger charge is 2.20. The van der Waals surface area contributed by atoms with Crippen LogP contribution in [0.5, 0.6) is 0 Å². The molecule has 2 heterocycles. The molecule has 1 aliphatic carbocycles. The summed E-state index contributed by atoms with van der Waals surface area (Å²) in [6.07, 6.45) is 10.9. The third kappa shape index (κ3) is 5.36. The van der Waals surface area contributed by atoms with Crippen molar-refractivity contribution in [1.82, 2.24) is 14.9 Å². The molecule has 1 aromatic heterocycles. The van der Waals surface area contributed by atoms with Crippen molar-refractivity contribution in [1.29, 1.82) is 0 Å². The van der Waals surface area contributed by atoms with Gasteiger partial charge in [-0.05, 0) is 58.8 Å². The van der Waals surface area contributed by atoms with Gasteiger partial charge in [-0.25, -0.2) is 4.98 Å². The standard InChI is InChI=1S/C20H31N3O2S/c1-15-16(2)23(13-18-9-6-12-25-18)20(22-15)26-14-19(24)21-11-10-17-7-4-3-5-8-17/h7,18H,3-6,8-14H2,1-2H3,(H,21,24). The molecule has 1 aromatic rings. The fourth-order valence-electron chi connectivity index (χ4n) is 3.62. The van der Waals surface area contributed by atoms with Gasteiger partial charge < -0.3 is 14.6 Å². The Bertz CT molecular complexity index is 648. The predicted molar refractivity (Wildman–Crippen MR) is 106 cm³/mol. The molecule has 1 atom stereocenters. The number of hydrogen-bond donors (Lipinski definition) is 1. The highest BCUT2D eigenvalue weighted by Crippen LogP contribution is 2.24. The minimum absolute atomic E-state index is 0.0911. The van der Waals surface area contributed by atoms with Crippen LogP contribution in [0.2, 0.25) is 0 Å². The number of ether oxygens (including phenoxy) is 1. The Morgan fingerprint density at radius 3 is 3.00 bits per heavy atom. The van der Waals surface area contributed by atoms with E-state index >= 15 is 0 Å². The van der Waals surface area contributed by atoms with Gasteiger partial charge >= 0.3 is 0 Å². The lowest BCUT2D eigenvalue weighted by molar-refractivity contribution is -0.118. The van der Waals surface area contributed by atoms with E-state index in [1.54, 1.807) is 0 Å². The first-order valence-corrected chi connectivity index (χ1v) is 10.8. The molecule has 1 aliphatic heterocycles. The second-order valence-electron chi connectivity index (χ2n) is 7.31. The number of nitrogens with zero attached hydrogens (tertiary/aromatic N) is 2. The van der Waals surface area contributed by atoms with Gasteiger partial charge in [0, 0.05) is 18.8 Å². The van der Waals surface area contributed by atoms with Gasteiger partial charge in [0.25, 0.3) is 0 Å². The summed E-state index contributed by atoms with van der Waals surface area (Å²) >= 11 is 1.53. The Labute approximate surface area is 161 Å². The number of aryl methyl sites for hydroxylation is 1. The van der Waals surface area contributed by atoms with E-state index < -0.39 is 0 Å². The summed E-state index contributed by atoms with van der Waals surface area (Å²) < 4.78 is 7.99. The van der Waals surface area contributed by atoms with Crippen LogP contribution in [0.4, 0.5) is 0 Å². The van der Waals surface area contributed by atoms with E-state index in [0.717, 1.165) is 49.8 Å². The van der Waals surface area contributed by atoms with E-state index in [1.165, 1.54) is 48.7 Å². The molecule has 3 rings (SSSR count). The van der Waals surface area contributed by atoms with E-state index in [0.29, 0.717) is 5.75 Å². The summed E-state index contributed by atoms with van der Waals surface area (Å²) in [5, 5.41) is 3.98. The minimum atomic E-state index is 0.0911. The fourth-order valence-corrected chi connectivity index (χ4v) is 4.55. The van der Waals surface area contributed by atoms with E-state index in [9.17, 15) is 4.79 Å². The van der Waals surface area contributed by atoms with Gasteiger partial charge in [0.15, 0.2) is 5.16 Å². The smallest absolute Gasteiger partial charge is 0.230 e. The molecule has 0 saturated carbocycles. The van der Waals surface area contributed by atoms with Crippen molar-refractivity contribution >= 4 is 17.7 Å². The van der Waals surface area contributed by atoms with Gasteiger partial charge in [-0.15, -0.1) is 0 Å². The molecule has 0 radical (unpaired) electrons. The van der Waals surface area contributed by atoms with Gasteiger partial charge in [-0.1, -0.05) is 23.4 Å². The normalized spacial score (nSPS) is 20.2. The van der Waals surface area contributed by atoms with Gasteiger partial charge in [-0.3, -0.25) is 4.79 Å². The Balaban J connectivity index is 1.46. The first kappa shape index (κ1) is 19.5. The number of rotatable bonds is 8. The van der Waals surface area contributed by atoms with Crippen molar-refractivity contribution in [3.05, 3.63) is 23.0 Å². The van der Waals surface area contributed by atoms with Crippen molar-refractivity contribution in [2.75, 3.05) is 18.9 Å². The van der Waals surface area contributed by atoms with Crippen LogP contribution in [0.15, 0.2) is 16.8 Å². The molecule has 144 valence electrons. The van der Waals surface area contributed by atoms with Gasteiger partial charge in [0.05, 0.1) is 24.1 Å². The van der Waals surface area contributed by atoms with Crippen molar-refractivity contribution in [3.63, 3.8) is 0 Å². The Kier molecular flexibility index (Phi) is 7.20. The molecule has 1 fully saturated rings. The lowest BCUT2D eigenvalue weighted by atomic mass is 9.97. The Morgan fingerprint density at radius 2 is 2.27 bits per heavy atom. The molecular formula is C20H31N3O2S. The monoisotopic (exact) mass is 377 g/mol. The van der Waals surface area contributed by atoms with Gasteiger partial charge in [-0.2, -0.15) is 0 Å². The zero-order valence-corrected chi connectivity index (χ0v) is 16.9. The molecule has 1 saturated heterocycles. The van der Waals surface area contributed by atoms with E-state index in [-0.39, 0.29) is 12.0 Å². The highest BCUT2D eigenvalue weighted by atomic mass is 32.2. The molecular weight excluding hydrogens is 346 g/mol. The maximum absolute atomic E-state index is 12.2. The average Bonchev–Trinajstić information content (AvgIpc) is 3.25. The third-order valence-corrected chi connectivity index (χ3v) is 6.30. The summed E-state index contributed by atoms with van der Waals surface area (Å²) in [5.74, 6) is 0.508. The number of aromatic nitrogens is 2. The molecule has 1 N–H and O–H groups in total. The first-order valence-electron chi connectivity index (χ1n) is 9.86. The van der Waals surface area contributed by atoms with Crippen molar-refractivity contribution in [2.24, 2.45) is 0 Å². The second kappa shape index (κ2) is 9.60. The second-order valence-corrected chi connectivity index (χ2v) is 8.25. The number of carbonyl (C=O) groups excluding carboxylic acids is 1. The van der Waals surface area contributed by atoms with E-state index in [1.807, 2.05) is 6.92 Å². The number of hydrogen-bond acceptors (Lipinski definition) is 4. The topological polar surface area (TPSA) is 56.2 Å². The maximum Gasteiger partial charge on any atom is 0.230 e. The molecule has 1 unspecified atom stereocenters. The molecule has 2 aliphatic rings. The van der Waals surface area contributed by atoms with Crippen molar-refractivity contribution in [2.45, 2.75) is 76.6 Å².